The lowest BCUT2D eigenvalue weighted by atomic mass is 9.87. The Balaban J connectivity index is 1.54. The first-order valence-electron chi connectivity index (χ1n) is 11.9. The molecule has 0 spiro atoms. The molecule has 3 aromatic rings. The molecule has 1 aliphatic carbocycles. The molecule has 5 rings (SSSR count). The van der Waals surface area contributed by atoms with Gasteiger partial charge in [0.05, 0.1) is 12.8 Å². The van der Waals surface area contributed by atoms with Crippen LogP contribution in [0.5, 0.6) is 0 Å². The second-order valence-corrected chi connectivity index (χ2v) is 9.58. The van der Waals surface area contributed by atoms with Crippen LogP contribution in [0.25, 0.3) is 11.2 Å². The number of benzene rings is 1. The van der Waals surface area contributed by atoms with Crippen molar-refractivity contribution >= 4 is 28.7 Å². The van der Waals surface area contributed by atoms with Crippen molar-refractivity contribution in [2.45, 2.75) is 58.0 Å². The number of ether oxygens (including phenoxy) is 1. The summed E-state index contributed by atoms with van der Waals surface area (Å²) in [6.45, 7) is 5.72. The highest BCUT2D eigenvalue weighted by Gasteiger charge is 2.27. The minimum Gasteiger partial charge on any atom is -0.381 e. The Morgan fingerprint density at radius 2 is 1.74 bits per heavy atom. The summed E-state index contributed by atoms with van der Waals surface area (Å²) in [5, 5.41) is 6.19. The van der Waals surface area contributed by atoms with Gasteiger partial charge in [-0.1, -0.05) is 13.8 Å². The number of rotatable bonds is 5. The van der Waals surface area contributed by atoms with Crippen molar-refractivity contribution in [3.05, 3.63) is 35.8 Å². The van der Waals surface area contributed by atoms with Crippen LogP contribution in [0.2, 0.25) is 0 Å². The summed E-state index contributed by atoms with van der Waals surface area (Å²) in [5.74, 6) is -1.31. The molecule has 2 fully saturated rings. The van der Waals surface area contributed by atoms with E-state index in [1.807, 2.05) is 4.57 Å². The second-order valence-electron chi connectivity index (χ2n) is 9.58. The summed E-state index contributed by atoms with van der Waals surface area (Å²) in [5.41, 5.74) is 0.682. The van der Waals surface area contributed by atoms with E-state index in [0.29, 0.717) is 54.3 Å². The van der Waals surface area contributed by atoms with Crippen LogP contribution in [-0.4, -0.2) is 38.8 Å². The van der Waals surface area contributed by atoms with E-state index in [1.54, 1.807) is 6.20 Å². The zero-order chi connectivity index (χ0) is 23.8. The van der Waals surface area contributed by atoms with Crippen molar-refractivity contribution in [2.24, 2.45) is 11.8 Å². The first-order valence-corrected chi connectivity index (χ1v) is 11.9. The van der Waals surface area contributed by atoms with Gasteiger partial charge in [0, 0.05) is 30.8 Å². The molecule has 0 bridgehead atoms. The Morgan fingerprint density at radius 3 is 2.44 bits per heavy atom. The molecule has 10 heteroatoms. The van der Waals surface area contributed by atoms with Crippen LogP contribution < -0.4 is 10.6 Å². The molecule has 0 radical (unpaired) electrons. The van der Waals surface area contributed by atoms with Gasteiger partial charge in [0.15, 0.2) is 17.3 Å². The van der Waals surface area contributed by atoms with Crippen molar-refractivity contribution in [2.75, 3.05) is 23.8 Å². The van der Waals surface area contributed by atoms with Crippen LogP contribution in [0.3, 0.4) is 0 Å². The van der Waals surface area contributed by atoms with Crippen LogP contribution in [0, 0.1) is 29.3 Å². The van der Waals surface area contributed by atoms with Gasteiger partial charge in [0.1, 0.15) is 17.0 Å². The van der Waals surface area contributed by atoms with E-state index in [4.69, 9.17) is 9.72 Å². The van der Waals surface area contributed by atoms with E-state index in [9.17, 15) is 13.2 Å². The predicted octanol–water partition coefficient (Wildman–Crippen LogP) is 5.58. The molecule has 7 nitrogen and oxygen atoms in total. The first kappa shape index (κ1) is 22.9. The topological polar surface area (TPSA) is 76.9 Å². The average molecular weight is 475 g/mol. The van der Waals surface area contributed by atoms with Crippen molar-refractivity contribution < 1.29 is 17.9 Å². The Bertz CT molecular complexity index is 1150. The number of hydrogen-bond acceptors (Lipinski definition) is 6. The number of fused-ring (bicyclic) bond motifs is 1. The van der Waals surface area contributed by atoms with Crippen LogP contribution in [0.15, 0.2) is 18.3 Å². The minimum absolute atomic E-state index is 0.0695. The van der Waals surface area contributed by atoms with E-state index in [-0.39, 0.29) is 18.0 Å². The summed E-state index contributed by atoms with van der Waals surface area (Å²) in [4.78, 5) is 13.8. The molecule has 3 heterocycles. The molecule has 34 heavy (non-hydrogen) atoms. The standard InChI is InChI=1S/C24H29F3N6O/c1-13-3-5-16(6-4-13)33-22-20(11-28-23(32-22)29-19-7-8-34-12-14(19)2)30-24(33)31-21-17(26)9-15(25)10-18(21)27/h9-11,13-14,16,19H,3-8,12H2,1-2H3,(H,30,31)(H,28,29,32)/t13?,14-,16?,19+/m1/s1. The summed E-state index contributed by atoms with van der Waals surface area (Å²) < 4.78 is 49.7. The predicted molar refractivity (Wildman–Crippen MR) is 124 cm³/mol. The van der Waals surface area contributed by atoms with Gasteiger partial charge < -0.3 is 15.4 Å². The first-order chi connectivity index (χ1) is 16.4. The minimum atomic E-state index is -1.02. The molecule has 2 aromatic heterocycles. The molecule has 2 aliphatic rings. The zero-order valence-corrected chi connectivity index (χ0v) is 19.3. The largest absolute Gasteiger partial charge is 0.381 e. The molecular weight excluding hydrogens is 445 g/mol. The molecule has 0 amide bonds. The van der Waals surface area contributed by atoms with Crippen LogP contribution in [-0.2, 0) is 4.74 Å². The zero-order valence-electron chi connectivity index (χ0n) is 19.3. The quantitative estimate of drug-likeness (QED) is 0.503. The van der Waals surface area contributed by atoms with Crippen molar-refractivity contribution in [3.8, 4) is 0 Å². The smallest absolute Gasteiger partial charge is 0.224 e. The number of hydrogen-bond donors (Lipinski definition) is 2. The van der Waals surface area contributed by atoms with E-state index in [2.05, 4.69) is 34.4 Å². The average Bonchev–Trinajstić information content (AvgIpc) is 3.16. The maximum absolute atomic E-state index is 14.4. The van der Waals surface area contributed by atoms with Gasteiger partial charge in [0.2, 0.25) is 11.9 Å². The second kappa shape index (κ2) is 9.40. The third-order valence-corrected chi connectivity index (χ3v) is 6.98. The lowest BCUT2D eigenvalue weighted by molar-refractivity contribution is 0.0536. The third-order valence-electron chi connectivity index (χ3n) is 6.98. The molecule has 0 unspecified atom stereocenters. The number of halogens is 3. The number of nitrogens with one attached hydrogen (secondary N) is 2. The summed E-state index contributed by atoms with van der Waals surface area (Å²) in [6.07, 6.45) is 6.37. The van der Waals surface area contributed by atoms with Crippen LogP contribution >= 0.6 is 0 Å². The summed E-state index contributed by atoms with van der Waals surface area (Å²) in [7, 11) is 0. The van der Waals surface area contributed by atoms with Gasteiger partial charge in [-0.3, -0.25) is 4.57 Å². The Morgan fingerprint density at radius 1 is 1.00 bits per heavy atom. The van der Waals surface area contributed by atoms with Crippen LogP contribution in [0.1, 0.15) is 52.0 Å². The molecule has 1 aliphatic heterocycles. The van der Waals surface area contributed by atoms with Crippen molar-refractivity contribution in [1.29, 1.82) is 0 Å². The molecular formula is C24H29F3N6O. The lowest BCUT2D eigenvalue weighted by Crippen LogP contribution is -2.36. The fourth-order valence-corrected chi connectivity index (χ4v) is 4.93. The highest BCUT2D eigenvalue weighted by atomic mass is 19.1. The van der Waals surface area contributed by atoms with E-state index in [1.165, 1.54) is 0 Å². The summed E-state index contributed by atoms with van der Waals surface area (Å²) >= 11 is 0. The van der Waals surface area contributed by atoms with Gasteiger partial charge in [-0.05, 0) is 43.9 Å². The van der Waals surface area contributed by atoms with Crippen molar-refractivity contribution in [3.63, 3.8) is 0 Å². The number of anilines is 3. The number of nitrogens with zero attached hydrogens (tertiary/aromatic N) is 4. The molecule has 1 saturated carbocycles. The molecule has 2 atom stereocenters. The van der Waals surface area contributed by atoms with Gasteiger partial charge in [-0.2, -0.15) is 4.98 Å². The normalized spacial score (nSPS) is 25.4. The van der Waals surface area contributed by atoms with Gasteiger partial charge >= 0.3 is 0 Å². The Hall–Kier alpha value is -2.88. The lowest BCUT2D eigenvalue weighted by Gasteiger charge is -2.30. The molecule has 1 saturated heterocycles. The third kappa shape index (κ3) is 4.55. The van der Waals surface area contributed by atoms with E-state index < -0.39 is 23.1 Å². The monoisotopic (exact) mass is 474 g/mol. The molecule has 182 valence electrons. The van der Waals surface area contributed by atoms with Gasteiger partial charge in [-0.15, -0.1) is 0 Å². The SMILES string of the molecule is CC1CCC(n2c(Nc3c(F)cc(F)cc3F)nc3cnc(N[C@H]4CCOC[C@H]4C)nc32)CC1. The highest BCUT2D eigenvalue weighted by molar-refractivity contribution is 5.76. The fraction of sp³-hybridized carbons (Fsp3) is 0.542. The number of imidazole rings is 1. The highest BCUT2D eigenvalue weighted by Crippen LogP contribution is 2.37. The Kier molecular flexibility index (Phi) is 6.33. The van der Waals surface area contributed by atoms with E-state index >= 15 is 0 Å². The molecule has 2 N–H and O–H groups in total. The van der Waals surface area contributed by atoms with E-state index in [0.717, 1.165) is 32.1 Å². The Labute approximate surface area is 196 Å². The fourth-order valence-electron chi connectivity index (χ4n) is 4.93. The van der Waals surface area contributed by atoms with Gasteiger partial charge in [0.25, 0.3) is 0 Å². The van der Waals surface area contributed by atoms with Crippen LogP contribution in [0.4, 0.5) is 30.8 Å². The maximum atomic E-state index is 14.4. The van der Waals surface area contributed by atoms with Crippen molar-refractivity contribution in [1.82, 2.24) is 19.5 Å². The number of aromatic nitrogens is 4. The maximum Gasteiger partial charge on any atom is 0.224 e. The van der Waals surface area contributed by atoms with Gasteiger partial charge in [-0.25, -0.2) is 23.1 Å². The summed E-state index contributed by atoms with van der Waals surface area (Å²) in [6, 6.07) is 1.56. The molecule has 1 aromatic carbocycles.